The number of hydrogen-bond acceptors (Lipinski definition) is 4. The van der Waals surface area contributed by atoms with E-state index in [-0.39, 0.29) is 4.90 Å². The van der Waals surface area contributed by atoms with Crippen molar-refractivity contribution in [3.05, 3.63) is 46.4 Å². The average molecular weight is 371 g/mol. The fraction of sp³-hybridized carbons (Fsp3) is 0.143. The van der Waals surface area contributed by atoms with Gasteiger partial charge in [0.2, 0.25) is 0 Å². The molecule has 112 valence electrons. The first-order chi connectivity index (χ1) is 9.85. The Labute approximate surface area is 132 Å². The summed E-state index contributed by atoms with van der Waals surface area (Å²) in [5.41, 5.74) is 7.46. The second kappa shape index (κ2) is 5.95. The summed E-state index contributed by atoms with van der Waals surface area (Å²) in [6.45, 7) is 1.76. The monoisotopic (exact) mass is 370 g/mol. The van der Waals surface area contributed by atoms with Crippen molar-refractivity contribution in [3.8, 4) is 5.75 Å². The predicted octanol–water partition coefficient (Wildman–Crippen LogP) is 3.15. The van der Waals surface area contributed by atoms with Crippen LogP contribution in [0.2, 0.25) is 0 Å². The van der Waals surface area contributed by atoms with Gasteiger partial charge in [-0.25, -0.2) is 8.42 Å². The molecular weight excluding hydrogens is 356 g/mol. The van der Waals surface area contributed by atoms with E-state index in [0.29, 0.717) is 27.2 Å². The summed E-state index contributed by atoms with van der Waals surface area (Å²) in [4.78, 5) is 0.136. The third-order valence-corrected chi connectivity index (χ3v) is 5.04. The molecule has 2 aromatic carbocycles. The Kier molecular flexibility index (Phi) is 4.43. The van der Waals surface area contributed by atoms with Crippen molar-refractivity contribution in [3.63, 3.8) is 0 Å². The zero-order valence-electron chi connectivity index (χ0n) is 11.6. The number of anilines is 2. The van der Waals surface area contributed by atoms with E-state index < -0.39 is 10.0 Å². The first-order valence-electron chi connectivity index (χ1n) is 6.06. The van der Waals surface area contributed by atoms with Gasteiger partial charge in [-0.2, -0.15) is 0 Å². The summed E-state index contributed by atoms with van der Waals surface area (Å²) < 4.78 is 33.0. The van der Waals surface area contributed by atoms with Crippen LogP contribution in [0.25, 0.3) is 0 Å². The van der Waals surface area contributed by atoms with Crippen LogP contribution in [0, 0.1) is 6.92 Å². The van der Waals surface area contributed by atoms with E-state index in [1.54, 1.807) is 31.2 Å². The Bertz CT molecular complexity index is 776. The molecule has 0 aliphatic heterocycles. The number of nitrogen functional groups attached to an aromatic ring is 1. The molecule has 2 aromatic rings. The van der Waals surface area contributed by atoms with Crippen LogP contribution in [-0.4, -0.2) is 15.5 Å². The van der Waals surface area contributed by atoms with Gasteiger partial charge in [-0.3, -0.25) is 4.72 Å². The summed E-state index contributed by atoms with van der Waals surface area (Å²) in [5.74, 6) is 0.564. The van der Waals surface area contributed by atoms with Gasteiger partial charge in [0.15, 0.2) is 0 Å². The van der Waals surface area contributed by atoms with Crippen molar-refractivity contribution >= 4 is 37.3 Å². The van der Waals surface area contributed by atoms with Gasteiger partial charge >= 0.3 is 0 Å². The number of methoxy groups -OCH3 is 1. The highest BCUT2D eigenvalue weighted by atomic mass is 79.9. The molecular formula is C14H15BrN2O3S. The number of rotatable bonds is 4. The first-order valence-corrected chi connectivity index (χ1v) is 8.34. The van der Waals surface area contributed by atoms with E-state index in [1.807, 2.05) is 0 Å². The van der Waals surface area contributed by atoms with Crippen LogP contribution in [0.5, 0.6) is 5.75 Å². The van der Waals surface area contributed by atoms with Crippen LogP contribution in [-0.2, 0) is 10.0 Å². The second-order valence-corrected chi connectivity index (χ2v) is 6.96. The molecule has 3 N–H and O–H groups in total. The van der Waals surface area contributed by atoms with E-state index in [2.05, 4.69) is 20.7 Å². The maximum Gasteiger partial charge on any atom is 0.261 e. The van der Waals surface area contributed by atoms with Gasteiger partial charge in [0.05, 0.1) is 22.2 Å². The molecule has 0 aliphatic carbocycles. The number of ether oxygens (including phenoxy) is 1. The highest BCUT2D eigenvalue weighted by Crippen LogP contribution is 2.29. The molecule has 0 aromatic heterocycles. The molecule has 21 heavy (non-hydrogen) atoms. The van der Waals surface area contributed by atoms with Gasteiger partial charge in [-0.15, -0.1) is 0 Å². The van der Waals surface area contributed by atoms with Crippen molar-refractivity contribution in [1.82, 2.24) is 0 Å². The van der Waals surface area contributed by atoms with Crippen molar-refractivity contribution in [2.45, 2.75) is 11.8 Å². The lowest BCUT2D eigenvalue weighted by molar-refractivity contribution is 0.411. The summed E-state index contributed by atoms with van der Waals surface area (Å²) >= 11 is 3.27. The number of nitrogens with two attached hydrogens (primary N) is 1. The summed E-state index contributed by atoms with van der Waals surface area (Å²) in [5, 5.41) is 0. The van der Waals surface area contributed by atoms with Gasteiger partial charge in [0.25, 0.3) is 10.0 Å². The Morgan fingerprint density at radius 1 is 1.24 bits per heavy atom. The van der Waals surface area contributed by atoms with Gasteiger partial charge in [-0.05, 0) is 58.7 Å². The van der Waals surface area contributed by atoms with Crippen molar-refractivity contribution in [1.29, 1.82) is 0 Å². The molecule has 0 fully saturated rings. The Hall–Kier alpha value is -1.73. The maximum atomic E-state index is 12.4. The molecule has 0 aliphatic rings. The van der Waals surface area contributed by atoms with Crippen molar-refractivity contribution in [2.24, 2.45) is 0 Å². The molecule has 0 bridgehead atoms. The molecule has 0 heterocycles. The van der Waals surface area contributed by atoms with Crippen molar-refractivity contribution < 1.29 is 13.2 Å². The first kappa shape index (κ1) is 15.7. The van der Waals surface area contributed by atoms with Gasteiger partial charge in [0.1, 0.15) is 5.75 Å². The molecule has 2 rings (SSSR count). The van der Waals surface area contributed by atoms with Gasteiger partial charge < -0.3 is 10.5 Å². The topological polar surface area (TPSA) is 81.4 Å². The number of benzene rings is 2. The van der Waals surface area contributed by atoms with Crippen LogP contribution in [0.3, 0.4) is 0 Å². The highest BCUT2D eigenvalue weighted by Gasteiger charge is 2.17. The van der Waals surface area contributed by atoms with E-state index in [1.165, 1.54) is 19.2 Å². The number of halogens is 1. The summed E-state index contributed by atoms with van der Waals surface area (Å²) in [6.07, 6.45) is 0. The van der Waals surface area contributed by atoms with Crippen LogP contribution in [0.4, 0.5) is 11.4 Å². The minimum atomic E-state index is -3.69. The second-order valence-electron chi connectivity index (χ2n) is 4.42. The van der Waals surface area contributed by atoms with E-state index >= 15 is 0 Å². The highest BCUT2D eigenvalue weighted by molar-refractivity contribution is 9.10. The fourth-order valence-corrected chi connectivity index (χ4v) is 3.62. The average Bonchev–Trinajstić information content (AvgIpc) is 2.43. The molecule has 0 unspecified atom stereocenters. The largest absolute Gasteiger partial charge is 0.496 e. The van der Waals surface area contributed by atoms with E-state index in [9.17, 15) is 8.42 Å². The van der Waals surface area contributed by atoms with E-state index in [0.717, 1.165) is 0 Å². The standard InChI is InChI=1S/C14H15BrN2O3S/c1-9-12(16)4-3-5-13(9)17-21(18,19)10-6-7-14(20-2)11(15)8-10/h3-8,17H,16H2,1-2H3. The summed E-state index contributed by atoms with van der Waals surface area (Å²) in [7, 11) is -2.17. The fourth-order valence-electron chi connectivity index (χ4n) is 1.78. The SMILES string of the molecule is COc1ccc(S(=O)(=O)Nc2cccc(N)c2C)cc1Br. The smallest absolute Gasteiger partial charge is 0.261 e. The Balaban J connectivity index is 2.39. The molecule has 0 radical (unpaired) electrons. The summed E-state index contributed by atoms with van der Waals surface area (Å²) in [6, 6.07) is 9.64. The predicted molar refractivity (Wildman–Crippen MR) is 87.1 cm³/mol. The van der Waals surface area contributed by atoms with Crippen LogP contribution < -0.4 is 15.2 Å². The molecule has 7 heteroatoms. The normalized spacial score (nSPS) is 11.2. The minimum Gasteiger partial charge on any atom is -0.496 e. The number of sulfonamides is 1. The Morgan fingerprint density at radius 3 is 2.57 bits per heavy atom. The molecule has 5 nitrogen and oxygen atoms in total. The van der Waals surface area contributed by atoms with E-state index in [4.69, 9.17) is 10.5 Å². The molecule has 0 spiro atoms. The third kappa shape index (κ3) is 3.30. The zero-order chi connectivity index (χ0) is 15.6. The lowest BCUT2D eigenvalue weighted by Crippen LogP contribution is -2.14. The Morgan fingerprint density at radius 2 is 1.95 bits per heavy atom. The molecule has 0 saturated heterocycles. The number of hydrogen-bond donors (Lipinski definition) is 2. The lowest BCUT2D eigenvalue weighted by Gasteiger charge is -2.13. The van der Waals surface area contributed by atoms with Gasteiger partial charge in [-0.1, -0.05) is 6.07 Å². The molecule has 0 atom stereocenters. The number of nitrogens with one attached hydrogen (secondary N) is 1. The molecule has 0 saturated carbocycles. The quantitative estimate of drug-likeness (QED) is 0.809. The van der Waals surface area contributed by atoms with Crippen LogP contribution in [0.15, 0.2) is 45.8 Å². The van der Waals surface area contributed by atoms with Gasteiger partial charge in [0, 0.05) is 5.69 Å². The molecule has 0 amide bonds. The zero-order valence-corrected chi connectivity index (χ0v) is 14.0. The third-order valence-electron chi connectivity index (χ3n) is 3.05. The van der Waals surface area contributed by atoms with Crippen molar-refractivity contribution in [2.75, 3.05) is 17.6 Å². The maximum absolute atomic E-state index is 12.4. The van der Waals surface area contributed by atoms with Crippen LogP contribution in [0.1, 0.15) is 5.56 Å². The van der Waals surface area contributed by atoms with Crippen LogP contribution >= 0.6 is 15.9 Å². The lowest BCUT2D eigenvalue weighted by atomic mass is 10.2. The minimum absolute atomic E-state index is 0.136.